The predicted molar refractivity (Wildman–Crippen MR) is 103 cm³/mol. The van der Waals surface area contributed by atoms with E-state index < -0.39 is 41.0 Å². The van der Waals surface area contributed by atoms with E-state index in [2.05, 4.69) is 16.2 Å². The average Bonchev–Trinajstić information content (AvgIpc) is 3.21. The second-order valence-corrected chi connectivity index (χ2v) is 8.62. The molecule has 2 heterocycles. The van der Waals surface area contributed by atoms with Crippen LogP contribution in [0.5, 0.6) is 0 Å². The number of nitriles is 1. The number of aliphatic hydroxyl groups excluding tert-OH is 2. The minimum atomic E-state index is -1.45. The summed E-state index contributed by atoms with van der Waals surface area (Å²) in [5, 5.41) is 35.4. The first kappa shape index (κ1) is 21.0. The topological polar surface area (TPSA) is 173 Å². The first-order valence-electron chi connectivity index (χ1n) is 9.31. The predicted octanol–water partition coefficient (Wildman–Crippen LogP) is -0.269. The second-order valence-electron chi connectivity index (χ2n) is 8.62. The van der Waals surface area contributed by atoms with Crippen LogP contribution in [0.4, 0.5) is 5.82 Å². The largest absolute Gasteiger partial charge is 0.464 e. The molecule has 0 aromatic carbocycles. The summed E-state index contributed by atoms with van der Waals surface area (Å²) in [6.07, 6.45) is -1.35. The number of nitrogens with two attached hydrogens (primary N) is 2. The smallest absolute Gasteiger partial charge is 0.323 e. The van der Waals surface area contributed by atoms with E-state index in [0.717, 1.165) is 0 Å². The van der Waals surface area contributed by atoms with E-state index in [9.17, 15) is 20.3 Å². The van der Waals surface area contributed by atoms with Crippen LogP contribution in [-0.4, -0.2) is 55.6 Å². The van der Waals surface area contributed by atoms with Crippen LogP contribution in [-0.2, 0) is 14.9 Å². The summed E-state index contributed by atoms with van der Waals surface area (Å²) in [7, 11) is 0. The summed E-state index contributed by atoms with van der Waals surface area (Å²) in [4.78, 5) is 16.1. The quantitative estimate of drug-likeness (QED) is 0.502. The van der Waals surface area contributed by atoms with Crippen LogP contribution in [0.2, 0.25) is 0 Å². The zero-order chi connectivity index (χ0) is 21.6. The minimum Gasteiger partial charge on any atom is -0.464 e. The van der Waals surface area contributed by atoms with Crippen LogP contribution in [0, 0.1) is 22.7 Å². The van der Waals surface area contributed by atoms with Gasteiger partial charge in [-0.3, -0.25) is 4.79 Å². The van der Waals surface area contributed by atoms with Crippen molar-refractivity contribution in [2.24, 2.45) is 17.1 Å². The summed E-state index contributed by atoms with van der Waals surface area (Å²) < 4.78 is 6.73. The van der Waals surface area contributed by atoms with Crippen molar-refractivity contribution >= 4 is 17.3 Å². The highest BCUT2D eigenvalue weighted by Crippen LogP contribution is 2.45. The molecule has 0 aliphatic heterocycles. The van der Waals surface area contributed by atoms with Crippen molar-refractivity contribution < 1.29 is 19.7 Å². The number of fused-ring (bicyclic) bond motifs is 1. The average molecular weight is 402 g/mol. The highest BCUT2D eigenvalue weighted by molar-refractivity contribution is 5.76. The van der Waals surface area contributed by atoms with Gasteiger partial charge < -0.3 is 26.4 Å². The van der Waals surface area contributed by atoms with Gasteiger partial charge in [0.2, 0.25) is 0 Å². The van der Waals surface area contributed by atoms with E-state index >= 15 is 0 Å². The molecule has 29 heavy (non-hydrogen) atoms. The fourth-order valence-electron chi connectivity index (χ4n) is 3.71. The molecule has 1 saturated carbocycles. The van der Waals surface area contributed by atoms with Crippen molar-refractivity contribution in [1.82, 2.24) is 14.6 Å². The summed E-state index contributed by atoms with van der Waals surface area (Å²) in [6, 6.07) is 4.59. The molecule has 0 unspecified atom stereocenters. The van der Waals surface area contributed by atoms with Crippen LogP contribution in [0.3, 0.4) is 0 Å². The van der Waals surface area contributed by atoms with Crippen LogP contribution in [0.1, 0.15) is 32.9 Å². The molecule has 0 bridgehead atoms. The molecule has 6 N–H and O–H groups in total. The third-order valence-corrected chi connectivity index (χ3v) is 5.66. The molecule has 0 spiro atoms. The zero-order valence-corrected chi connectivity index (χ0v) is 16.6. The van der Waals surface area contributed by atoms with E-state index in [-0.39, 0.29) is 18.8 Å². The van der Waals surface area contributed by atoms with Gasteiger partial charge in [0.1, 0.15) is 29.4 Å². The number of nitrogen functional groups attached to an aromatic ring is 1. The Labute approximate surface area is 168 Å². The third-order valence-electron chi connectivity index (χ3n) is 5.66. The maximum atomic E-state index is 12.2. The molecular weight excluding hydrogens is 376 g/mol. The van der Waals surface area contributed by atoms with Crippen molar-refractivity contribution in [3.05, 3.63) is 24.2 Å². The summed E-state index contributed by atoms with van der Waals surface area (Å²) in [5.41, 5.74) is 10.7. The lowest BCUT2D eigenvalue weighted by molar-refractivity contribution is -0.150. The molecular formula is C19H26N6O4. The first-order chi connectivity index (χ1) is 13.5. The summed E-state index contributed by atoms with van der Waals surface area (Å²) >= 11 is 0. The van der Waals surface area contributed by atoms with Gasteiger partial charge in [-0.05, 0) is 24.0 Å². The number of hydrogen-bond acceptors (Lipinski definition) is 9. The van der Waals surface area contributed by atoms with Gasteiger partial charge in [-0.25, -0.2) is 9.50 Å². The fraction of sp³-hybridized carbons (Fsp3) is 0.579. The van der Waals surface area contributed by atoms with Gasteiger partial charge in [0.05, 0.1) is 24.5 Å². The van der Waals surface area contributed by atoms with E-state index in [0.29, 0.717) is 11.2 Å². The van der Waals surface area contributed by atoms with E-state index in [4.69, 9.17) is 16.2 Å². The molecule has 0 radical (unpaired) electrons. The lowest BCUT2D eigenvalue weighted by atomic mass is 9.81. The van der Waals surface area contributed by atoms with Gasteiger partial charge in [0, 0.05) is 5.92 Å². The number of aromatic nitrogens is 3. The third kappa shape index (κ3) is 3.42. The number of rotatable bonds is 4. The Morgan fingerprint density at radius 1 is 1.48 bits per heavy atom. The van der Waals surface area contributed by atoms with E-state index in [1.807, 2.05) is 20.8 Å². The number of carbonyl (C=O) groups excluding carboxylic acids is 1. The fourth-order valence-corrected chi connectivity index (χ4v) is 3.71. The Hall–Kier alpha value is -2.74. The van der Waals surface area contributed by atoms with Crippen LogP contribution >= 0.6 is 0 Å². The number of ether oxygens (including phenoxy) is 1. The second kappa shape index (κ2) is 7.26. The number of hydrogen-bond donors (Lipinski definition) is 4. The molecule has 0 amide bonds. The van der Waals surface area contributed by atoms with Crippen molar-refractivity contribution in [2.45, 2.75) is 50.9 Å². The standard InChI is InChI=1S/C19H26N6O4/c1-18(2,3)14(21)17(28)29-7-10-6-19(8-20,15(27)13(10)26)12-5-4-11-16(22)23-9-24-25(11)12/h4-5,9-10,13-15,26-27H,6-7,21H2,1-3H3,(H2,22,23,24)/t10-,13-,14-,15-,19-/m1/s1. The molecule has 5 atom stereocenters. The molecule has 10 nitrogen and oxygen atoms in total. The number of esters is 1. The molecule has 3 rings (SSSR count). The van der Waals surface area contributed by atoms with Crippen molar-refractivity contribution in [3.8, 4) is 6.07 Å². The lowest BCUT2D eigenvalue weighted by Gasteiger charge is -2.26. The molecule has 2 aromatic rings. The molecule has 156 valence electrons. The number of anilines is 1. The SMILES string of the molecule is CC(C)(C)[C@H](N)C(=O)OC[C@H]1C[C@@](C#N)(c2ccc3c(N)ncnn23)[C@H](O)[C@@H]1O. The van der Waals surface area contributed by atoms with Crippen molar-refractivity contribution in [1.29, 1.82) is 5.26 Å². The van der Waals surface area contributed by atoms with Gasteiger partial charge in [-0.2, -0.15) is 10.4 Å². The molecule has 0 saturated heterocycles. The number of nitrogens with zero attached hydrogens (tertiary/aromatic N) is 4. The Morgan fingerprint density at radius 2 is 2.17 bits per heavy atom. The number of carbonyl (C=O) groups is 1. The number of aliphatic hydroxyl groups is 2. The minimum absolute atomic E-state index is 0.0693. The molecule has 2 aromatic heterocycles. The molecule has 1 aliphatic rings. The van der Waals surface area contributed by atoms with Gasteiger partial charge in [0.25, 0.3) is 0 Å². The van der Waals surface area contributed by atoms with E-state index in [1.165, 1.54) is 10.8 Å². The van der Waals surface area contributed by atoms with Crippen molar-refractivity contribution in [2.75, 3.05) is 12.3 Å². The highest BCUT2D eigenvalue weighted by atomic mass is 16.5. The van der Waals surface area contributed by atoms with E-state index in [1.54, 1.807) is 12.1 Å². The maximum Gasteiger partial charge on any atom is 0.323 e. The Kier molecular flexibility index (Phi) is 5.25. The van der Waals surface area contributed by atoms with Crippen LogP contribution < -0.4 is 11.5 Å². The highest BCUT2D eigenvalue weighted by Gasteiger charge is 2.56. The summed E-state index contributed by atoms with van der Waals surface area (Å²) in [6.45, 7) is 5.29. The molecule has 10 heteroatoms. The van der Waals surface area contributed by atoms with Gasteiger partial charge in [-0.15, -0.1) is 0 Å². The van der Waals surface area contributed by atoms with Gasteiger partial charge in [-0.1, -0.05) is 20.8 Å². The summed E-state index contributed by atoms with van der Waals surface area (Å²) in [5.74, 6) is -1.01. The molecule has 1 aliphatic carbocycles. The monoisotopic (exact) mass is 402 g/mol. The van der Waals surface area contributed by atoms with Crippen LogP contribution in [0.25, 0.3) is 5.52 Å². The zero-order valence-electron chi connectivity index (χ0n) is 16.6. The maximum absolute atomic E-state index is 12.2. The lowest BCUT2D eigenvalue weighted by Crippen LogP contribution is -2.44. The Bertz CT molecular complexity index is 962. The normalized spacial score (nSPS) is 28.2. The first-order valence-corrected chi connectivity index (χ1v) is 9.31. The van der Waals surface area contributed by atoms with Gasteiger partial charge in [0.15, 0.2) is 5.82 Å². The Balaban J connectivity index is 1.86. The van der Waals surface area contributed by atoms with Gasteiger partial charge >= 0.3 is 5.97 Å². The van der Waals surface area contributed by atoms with Crippen LogP contribution in [0.15, 0.2) is 18.5 Å². The molecule has 1 fully saturated rings. The van der Waals surface area contributed by atoms with Crippen molar-refractivity contribution in [3.63, 3.8) is 0 Å². The Morgan fingerprint density at radius 3 is 2.79 bits per heavy atom.